The van der Waals surface area contributed by atoms with Gasteiger partial charge in [0.2, 0.25) is 0 Å². The lowest BCUT2D eigenvalue weighted by Crippen LogP contribution is -2.55. The van der Waals surface area contributed by atoms with Gasteiger partial charge in [0.1, 0.15) is 0 Å². The summed E-state index contributed by atoms with van der Waals surface area (Å²) in [6.07, 6.45) is 0. The quantitative estimate of drug-likeness (QED) is 0.346. The molecule has 4 rings (SSSR count). The Labute approximate surface area is 181 Å². The predicted molar refractivity (Wildman–Crippen MR) is 122 cm³/mol. The number of hydrogen-bond acceptors (Lipinski definition) is 2. The summed E-state index contributed by atoms with van der Waals surface area (Å²) < 4.78 is 13.9. The Bertz CT molecular complexity index is 875. The van der Waals surface area contributed by atoms with E-state index in [0.717, 1.165) is 0 Å². The van der Waals surface area contributed by atoms with Gasteiger partial charge in [-0.25, -0.2) is 4.67 Å². The van der Waals surface area contributed by atoms with E-state index >= 15 is 0 Å². The van der Waals surface area contributed by atoms with Crippen LogP contribution in [0.2, 0.25) is 0 Å². The molecule has 0 atom stereocenters. The molecule has 1 heterocycles. The second-order valence-corrected chi connectivity index (χ2v) is 11.9. The summed E-state index contributed by atoms with van der Waals surface area (Å²) in [5, 5.41) is 0. The van der Waals surface area contributed by atoms with Crippen molar-refractivity contribution < 1.29 is 4.57 Å². The van der Waals surface area contributed by atoms with Crippen LogP contribution in [0.3, 0.4) is 0 Å². The van der Waals surface area contributed by atoms with E-state index in [1.165, 1.54) is 16.7 Å². The average Bonchev–Trinajstić information content (AvgIpc) is 2.76. The fraction of sp³-hybridized carbons (Fsp3) is 0.217. The third kappa shape index (κ3) is 4.03. The van der Waals surface area contributed by atoms with Gasteiger partial charge in [0.15, 0.2) is 0 Å². The molecule has 0 saturated carbocycles. The molecule has 1 fully saturated rings. The van der Waals surface area contributed by atoms with Gasteiger partial charge in [-0.1, -0.05) is 91.0 Å². The van der Waals surface area contributed by atoms with Gasteiger partial charge in [-0.3, -0.25) is 9.46 Å². The van der Waals surface area contributed by atoms with E-state index in [1.54, 1.807) is 4.67 Å². The Morgan fingerprint density at radius 3 is 1.28 bits per heavy atom. The molecule has 0 radical (unpaired) electrons. The van der Waals surface area contributed by atoms with E-state index in [-0.39, 0.29) is 0 Å². The van der Waals surface area contributed by atoms with Crippen LogP contribution in [-0.2, 0) is 10.1 Å². The van der Waals surface area contributed by atoms with Crippen LogP contribution in [0.1, 0.15) is 16.7 Å². The second-order valence-electron chi connectivity index (χ2n) is 7.18. The summed E-state index contributed by atoms with van der Waals surface area (Å²) in [5.74, 6) is -3.28. The monoisotopic (exact) mass is 444 g/mol. The largest absolute Gasteiger partial charge is 0.322 e. The molecule has 3 aromatic rings. The average molecular weight is 445 g/mol. The highest BCUT2D eigenvalue weighted by molar-refractivity contribution is 8.06. The van der Waals surface area contributed by atoms with Gasteiger partial charge in [0.05, 0.1) is 5.54 Å². The fourth-order valence-electron chi connectivity index (χ4n) is 4.35. The predicted octanol–water partition coefficient (Wildman–Crippen LogP) is 6.18. The summed E-state index contributed by atoms with van der Waals surface area (Å²) >= 11 is 11.9. The van der Waals surface area contributed by atoms with E-state index in [1.807, 2.05) is 18.2 Å². The third-order valence-corrected chi connectivity index (χ3v) is 7.98. The first kappa shape index (κ1) is 20.7. The van der Waals surface area contributed by atoms with E-state index < -0.39 is 11.5 Å². The van der Waals surface area contributed by atoms with Crippen LogP contribution in [0, 0.1) is 0 Å². The van der Waals surface area contributed by atoms with Gasteiger partial charge in [-0.05, 0) is 39.2 Å². The molecule has 0 unspecified atom stereocenters. The normalized spacial score (nSPS) is 16.6. The van der Waals surface area contributed by atoms with E-state index in [2.05, 4.69) is 77.7 Å². The lowest BCUT2D eigenvalue weighted by Gasteiger charge is -2.49. The molecule has 0 aromatic heterocycles. The lowest BCUT2D eigenvalue weighted by atomic mass is 9.75. The van der Waals surface area contributed by atoms with Crippen molar-refractivity contribution in [2.24, 2.45) is 0 Å². The molecule has 1 saturated heterocycles. The van der Waals surface area contributed by atoms with Gasteiger partial charge in [-0.2, -0.15) is 0 Å². The van der Waals surface area contributed by atoms with E-state index in [9.17, 15) is 4.57 Å². The minimum absolute atomic E-state index is 0.460. The van der Waals surface area contributed by atoms with Crippen LogP contribution in [-0.4, -0.2) is 35.7 Å². The van der Waals surface area contributed by atoms with Crippen molar-refractivity contribution in [2.45, 2.75) is 5.54 Å². The molecular weight excluding hydrogens is 422 g/mol. The molecule has 3 aromatic carbocycles. The maximum atomic E-state index is 12.2. The summed E-state index contributed by atoms with van der Waals surface area (Å²) in [7, 11) is 0. The van der Waals surface area contributed by atoms with Gasteiger partial charge < -0.3 is 0 Å². The first-order valence-corrected chi connectivity index (χ1v) is 13.2. The zero-order chi connectivity index (χ0) is 20.3. The molecule has 1 aliphatic rings. The van der Waals surface area contributed by atoms with Crippen molar-refractivity contribution in [3.05, 3.63) is 108 Å². The number of halogens is 2. The molecule has 0 N–H and O–H groups in total. The Hall–Kier alpha value is -1.61. The molecule has 3 nitrogen and oxygen atoms in total. The van der Waals surface area contributed by atoms with Crippen LogP contribution >= 0.6 is 28.5 Å². The van der Waals surface area contributed by atoms with Crippen LogP contribution in [0.25, 0.3) is 0 Å². The lowest BCUT2D eigenvalue weighted by molar-refractivity contribution is 0.107. The molecule has 0 aliphatic carbocycles. The van der Waals surface area contributed by atoms with Crippen molar-refractivity contribution >= 4 is 28.5 Å². The van der Waals surface area contributed by atoms with Crippen molar-refractivity contribution in [2.75, 3.05) is 26.2 Å². The Kier molecular flexibility index (Phi) is 6.15. The molecule has 0 bridgehead atoms. The first-order valence-electron chi connectivity index (χ1n) is 9.69. The highest BCUT2D eigenvalue weighted by Crippen LogP contribution is 2.60. The van der Waals surface area contributed by atoms with Crippen LogP contribution < -0.4 is 0 Å². The number of benzene rings is 3. The van der Waals surface area contributed by atoms with Crippen molar-refractivity contribution in [3.63, 3.8) is 0 Å². The summed E-state index contributed by atoms with van der Waals surface area (Å²) in [4.78, 5) is 2.45. The van der Waals surface area contributed by atoms with Gasteiger partial charge >= 0.3 is 6.00 Å². The molecule has 6 heteroatoms. The van der Waals surface area contributed by atoms with E-state index in [4.69, 9.17) is 22.5 Å². The first-order chi connectivity index (χ1) is 14.0. The van der Waals surface area contributed by atoms with Crippen molar-refractivity contribution in [3.8, 4) is 0 Å². The molecular formula is C23H23Cl2N2OP. The van der Waals surface area contributed by atoms with Gasteiger partial charge in [-0.15, -0.1) is 0 Å². The van der Waals surface area contributed by atoms with Crippen LogP contribution in [0.4, 0.5) is 0 Å². The van der Waals surface area contributed by atoms with Crippen molar-refractivity contribution in [1.29, 1.82) is 0 Å². The van der Waals surface area contributed by atoms with Crippen LogP contribution in [0.5, 0.6) is 0 Å². The van der Waals surface area contributed by atoms with Crippen LogP contribution in [0.15, 0.2) is 91.0 Å². The Morgan fingerprint density at radius 1 is 0.621 bits per heavy atom. The highest BCUT2D eigenvalue weighted by Gasteiger charge is 2.44. The Balaban J connectivity index is 1.89. The zero-order valence-corrected chi connectivity index (χ0v) is 18.4. The number of piperazine rings is 1. The SMILES string of the molecule is O=P(Cl)(Cl)N1CCN(C(c2ccccc2)(c2ccccc2)c2ccccc2)CC1. The third-order valence-electron chi connectivity index (χ3n) is 5.63. The topological polar surface area (TPSA) is 23.6 Å². The number of rotatable bonds is 5. The number of hydrogen-bond donors (Lipinski definition) is 0. The van der Waals surface area contributed by atoms with Gasteiger partial charge in [0.25, 0.3) is 0 Å². The minimum atomic E-state index is -3.28. The standard InChI is InChI=1S/C23H23Cl2N2OP/c24-29(25,28)27-18-16-26(17-19-27)23(20-10-4-1-5-11-20,21-12-6-2-7-13-21)22-14-8-3-9-15-22/h1-15H,16-19H2. The minimum Gasteiger partial charge on any atom is -0.284 e. The zero-order valence-electron chi connectivity index (χ0n) is 16.0. The summed E-state index contributed by atoms with van der Waals surface area (Å²) in [6, 6.07) is 31.7. The molecule has 1 aliphatic heterocycles. The Morgan fingerprint density at radius 2 is 0.966 bits per heavy atom. The van der Waals surface area contributed by atoms with E-state index in [0.29, 0.717) is 26.2 Å². The highest BCUT2D eigenvalue weighted by atomic mass is 35.9. The summed E-state index contributed by atoms with van der Waals surface area (Å²) in [6.45, 7) is 2.50. The number of nitrogens with zero attached hydrogens (tertiary/aromatic N) is 2. The fourth-order valence-corrected chi connectivity index (χ4v) is 5.90. The molecule has 0 spiro atoms. The maximum absolute atomic E-state index is 12.2. The second kappa shape index (κ2) is 8.63. The molecule has 0 amide bonds. The maximum Gasteiger partial charge on any atom is 0.322 e. The van der Waals surface area contributed by atoms with Gasteiger partial charge in [0, 0.05) is 26.2 Å². The van der Waals surface area contributed by atoms with Crippen molar-refractivity contribution in [1.82, 2.24) is 9.57 Å². The summed E-state index contributed by atoms with van der Waals surface area (Å²) in [5.41, 5.74) is 3.14. The molecule has 29 heavy (non-hydrogen) atoms. The molecule has 150 valence electrons. The smallest absolute Gasteiger partial charge is 0.284 e.